The number of methoxy groups -OCH3 is 1. The molecule has 2 rings (SSSR count). The van der Waals surface area contributed by atoms with Crippen LogP contribution >= 0.6 is 12.6 Å². The maximum atomic E-state index is 12.4. The van der Waals surface area contributed by atoms with Gasteiger partial charge in [-0.15, -0.1) is 12.6 Å². The fourth-order valence-electron chi connectivity index (χ4n) is 2.64. The van der Waals surface area contributed by atoms with Gasteiger partial charge in [-0.2, -0.15) is 0 Å². The van der Waals surface area contributed by atoms with Gasteiger partial charge in [0.1, 0.15) is 16.1 Å². The maximum Gasteiger partial charge on any atom is 0.338 e. The Morgan fingerprint density at radius 3 is 2.50 bits per heavy atom. The van der Waals surface area contributed by atoms with Crippen LogP contribution in [0.3, 0.4) is 0 Å². The van der Waals surface area contributed by atoms with Crippen molar-refractivity contribution >= 4 is 36.2 Å². The highest BCUT2D eigenvalue weighted by Crippen LogP contribution is 2.34. The summed E-state index contributed by atoms with van der Waals surface area (Å²) >= 11 is 3.19. The molecule has 2 aromatic rings. The molecule has 0 bridgehead atoms. The van der Waals surface area contributed by atoms with E-state index in [4.69, 9.17) is 4.74 Å². The number of thiol groups is 1. The lowest BCUT2D eigenvalue weighted by Crippen LogP contribution is -2.25. The van der Waals surface area contributed by atoms with E-state index in [2.05, 4.69) is 30.9 Å². The van der Waals surface area contributed by atoms with E-state index < -0.39 is 22.1 Å². The van der Waals surface area contributed by atoms with Crippen molar-refractivity contribution in [1.82, 2.24) is 0 Å². The van der Waals surface area contributed by atoms with Gasteiger partial charge in [-0.25, -0.2) is 4.79 Å². The maximum absolute atomic E-state index is 12.4. The molecule has 0 saturated carbocycles. The predicted octanol–water partition coefficient (Wildman–Crippen LogP) is 5.43. The average molecular weight is 418 g/mol. The molecule has 1 unspecified atom stereocenters. The molecule has 0 aromatic heterocycles. The van der Waals surface area contributed by atoms with Gasteiger partial charge in [0.2, 0.25) is 0 Å². The van der Waals surface area contributed by atoms with Gasteiger partial charge in [-0.05, 0) is 56.0 Å². The first-order valence-corrected chi connectivity index (χ1v) is 10.6. The van der Waals surface area contributed by atoms with E-state index in [1.807, 2.05) is 45.0 Å². The summed E-state index contributed by atoms with van der Waals surface area (Å²) in [5.41, 5.74) is 3.82. The Labute approximate surface area is 176 Å². The molecule has 0 radical (unpaired) electrons. The molecule has 4 nitrogen and oxygen atoms in total. The van der Waals surface area contributed by atoms with Gasteiger partial charge in [0.05, 0.1) is 18.9 Å². The Balaban J connectivity index is 2.69. The molecule has 150 valence electrons. The first-order valence-electron chi connectivity index (χ1n) is 9.07. The van der Waals surface area contributed by atoms with Crippen molar-refractivity contribution in [3.05, 3.63) is 53.1 Å². The Kier molecular flexibility index (Phi) is 7.37. The predicted molar refractivity (Wildman–Crippen MR) is 120 cm³/mol. The van der Waals surface area contributed by atoms with Crippen LogP contribution in [0.5, 0.6) is 0 Å². The highest BCUT2D eigenvalue weighted by molar-refractivity contribution is 7.91. The smallest absolute Gasteiger partial charge is 0.338 e. The number of carbonyl (C=O) groups is 1. The zero-order valence-electron chi connectivity index (χ0n) is 17.1. The van der Waals surface area contributed by atoms with Crippen LogP contribution in [0, 0.1) is 0 Å². The Morgan fingerprint density at radius 2 is 1.93 bits per heavy atom. The summed E-state index contributed by atoms with van der Waals surface area (Å²) in [5.74, 6) is -0.111. The lowest BCUT2D eigenvalue weighted by molar-refractivity contribution is 0.0601. The minimum absolute atomic E-state index is 0.320. The van der Waals surface area contributed by atoms with Crippen LogP contribution in [-0.4, -0.2) is 28.6 Å². The number of rotatable bonds is 5. The normalized spacial score (nSPS) is 13.2. The second-order valence-electron chi connectivity index (χ2n) is 7.79. The molecule has 0 aliphatic heterocycles. The molecule has 0 saturated heterocycles. The van der Waals surface area contributed by atoms with Gasteiger partial charge in [-0.3, -0.25) is 0 Å². The summed E-state index contributed by atoms with van der Waals surface area (Å²) < 4.78 is 21.2. The van der Waals surface area contributed by atoms with Crippen molar-refractivity contribution in [2.45, 2.75) is 50.2 Å². The van der Waals surface area contributed by atoms with Crippen LogP contribution < -0.4 is 0 Å². The van der Waals surface area contributed by atoms with E-state index in [1.54, 1.807) is 18.3 Å². The van der Waals surface area contributed by atoms with Crippen molar-refractivity contribution in [2.75, 3.05) is 7.11 Å². The van der Waals surface area contributed by atoms with Gasteiger partial charge in [0, 0.05) is 16.0 Å². The second-order valence-corrected chi connectivity index (χ2v) is 10.2. The van der Waals surface area contributed by atoms with Crippen molar-refractivity contribution < 1.29 is 14.1 Å². The molecule has 0 spiro atoms. The third-order valence-electron chi connectivity index (χ3n) is 4.27. The number of benzene rings is 2. The van der Waals surface area contributed by atoms with E-state index in [0.29, 0.717) is 21.9 Å². The van der Waals surface area contributed by atoms with Crippen molar-refractivity contribution in [3.63, 3.8) is 0 Å². The fraction of sp³-hybridized carbons (Fsp3) is 0.364. The molecule has 1 atom stereocenters. The zero-order valence-corrected chi connectivity index (χ0v) is 18.9. The van der Waals surface area contributed by atoms with Gasteiger partial charge in [0.25, 0.3) is 0 Å². The molecule has 28 heavy (non-hydrogen) atoms. The molecule has 0 heterocycles. The summed E-state index contributed by atoms with van der Waals surface area (Å²) in [6.07, 6.45) is 1.63. The van der Waals surface area contributed by atoms with E-state index in [0.717, 1.165) is 16.7 Å². The van der Waals surface area contributed by atoms with Gasteiger partial charge >= 0.3 is 5.97 Å². The number of hydrogen-bond acceptors (Lipinski definition) is 5. The Morgan fingerprint density at radius 1 is 1.25 bits per heavy atom. The Bertz CT molecular complexity index is 886. The molecule has 0 fully saturated rings. The molecular formula is C22H27NO3S2. The Hall–Kier alpha value is -1.76. The van der Waals surface area contributed by atoms with Crippen molar-refractivity contribution in [1.29, 1.82) is 0 Å². The van der Waals surface area contributed by atoms with Crippen LogP contribution in [0.2, 0.25) is 0 Å². The average Bonchev–Trinajstić information content (AvgIpc) is 2.64. The monoisotopic (exact) mass is 417 g/mol. The molecule has 0 aliphatic carbocycles. The highest BCUT2D eigenvalue weighted by atomic mass is 32.2. The van der Waals surface area contributed by atoms with Gasteiger partial charge in [-0.1, -0.05) is 36.4 Å². The summed E-state index contributed by atoms with van der Waals surface area (Å²) in [5, 5.41) is 0. The lowest BCUT2D eigenvalue weighted by atomic mass is 9.91. The van der Waals surface area contributed by atoms with Crippen LogP contribution in [-0.2, 0) is 16.1 Å². The molecule has 0 aliphatic rings. The summed E-state index contributed by atoms with van der Waals surface area (Å²) in [7, 11) is 1.36. The van der Waals surface area contributed by atoms with Gasteiger partial charge < -0.3 is 9.29 Å². The standard InChI is InChI=1S/C22H27NO3S2/c1-14(2)15-10-11-17(16(12-15)13-23-28(25)22(3,4)5)20-18(21(24)26-6)8-7-9-19(20)27/h7-14,27H,1-6H3/b23-13+. The first kappa shape index (κ1) is 22.5. The van der Waals surface area contributed by atoms with E-state index in [1.165, 1.54) is 7.11 Å². The van der Waals surface area contributed by atoms with E-state index in [9.17, 15) is 9.35 Å². The summed E-state index contributed by atoms with van der Waals surface area (Å²) in [6.45, 7) is 9.85. The first-order chi connectivity index (χ1) is 13.1. The summed E-state index contributed by atoms with van der Waals surface area (Å²) in [6, 6.07) is 11.3. The lowest BCUT2D eigenvalue weighted by Gasteiger charge is -2.18. The topological polar surface area (TPSA) is 61.7 Å². The van der Waals surface area contributed by atoms with Gasteiger partial charge in [0.15, 0.2) is 0 Å². The molecule has 2 aromatic carbocycles. The van der Waals surface area contributed by atoms with Crippen LogP contribution in [0.4, 0.5) is 0 Å². The molecule has 0 amide bonds. The minimum atomic E-state index is -1.38. The zero-order chi connectivity index (χ0) is 21.1. The van der Waals surface area contributed by atoms with E-state index >= 15 is 0 Å². The third kappa shape index (κ3) is 5.19. The number of nitrogens with zero attached hydrogens (tertiary/aromatic N) is 1. The van der Waals surface area contributed by atoms with Crippen LogP contribution in [0.25, 0.3) is 11.1 Å². The largest absolute Gasteiger partial charge is 0.591 e. The molecular weight excluding hydrogens is 390 g/mol. The van der Waals surface area contributed by atoms with Crippen LogP contribution in [0.15, 0.2) is 45.7 Å². The number of hydrogen-bond donors (Lipinski definition) is 1. The summed E-state index contributed by atoms with van der Waals surface area (Å²) in [4.78, 5) is 13.0. The van der Waals surface area contributed by atoms with Crippen molar-refractivity contribution in [3.8, 4) is 11.1 Å². The molecule has 0 N–H and O–H groups in total. The second kappa shape index (κ2) is 9.16. The quantitative estimate of drug-likeness (QED) is 0.305. The molecule has 6 heteroatoms. The SMILES string of the molecule is COC(=O)c1cccc(S)c1-c1ccc(C(C)C)cc1/C=N/[S+]([O-])C(C)(C)C. The fourth-order valence-corrected chi connectivity index (χ4v) is 3.49. The van der Waals surface area contributed by atoms with E-state index in [-0.39, 0.29) is 0 Å². The number of carbonyl (C=O) groups excluding carboxylic acids is 1. The highest BCUT2D eigenvalue weighted by Gasteiger charge is 2.26. The minimum Gasteiger partial charge on any atom is -0.591 e. The number of esters is 1. The third-order valence-corrected chi connectivity index (χ3v) is 5.99. The number of ether oxygens (including phenoxy) is 1. The van der Waals surface area contributed by atoms with Crippen molar-refractivity contribution in [2.24, 2.45) is 4.40 Å². The van der Waals surface area contributed by atoms with Crippen LogP contribution in [0.1, 0.15) is 62.0 Å².